The molecule has 1 saturated heterocycles. The highest BCUT2D eigenvalue weighted by molar-refractivity contribution is 7.16. The lowest BCUT2D eigenvalue weighted by Crippen LogP contribution is -3.13. The van der Waals surface area contributed by atoms with E-state index in [1.165, 1.54) is 26.8 Å². The van der Waals surface area contributed by atoms with Crippen LogP contribution in [-0.2, 0) is 6.54 Å². The molecule has 0 aliphatic carbocycles. The predicted molar refractivity (Wildman–Crippen MR) is 101 cm³/mol. The first-order chi connectivity index (χ1) is 12.6. The first kappa shape index (κ1) is 17.0. The van der Waals surface area contributed by atoms with Crippen LogP contribution in [0.4, 0.5) is 5.69 Å². The molecule has 0 amide bonds. The van der Waals surface area contributed by atoms with Gasteiger partial charge in [0.15, 0.2) is 5.01 Å². The maximum atomic E-state index is 12.0. The van der Waals surface area contributed by atoms with E-state index in [1.54, 1.807) is 7.11 Å². The van der Waals surface area contributed by atoms with Crippen LogP contribution in [0.25, 0.3) is 4.96 Å². The summed E-state index contributed by atoms with van der Waals surface area (Å²) in [7, 11) is 1.71. The normalized spacial score (nSPS) is 15.5. The van der Waals surface area contributed by atoms with Gasteiger partial charge in [0.05, 0.1) is 39.0 Å². The largest absolute Gasteiger partial charge is 0.495 e. The number of nitrogens with one attached hydrogen (secondary N) is 1. The molecule has 0 saturated carbocycles. The molecule has 2 aromatic heterocycles. The van der Waals surface area contributed by atoms with E-state index in [2.05, 4.69) is 21.0 Å². The standard InChI is InChI=1S/C18H21N5O2S/c1-13-11-17(24)23-18(19-13)26-16(20-23)12-21-7-9-22(10-8-21)14-5-3-4-6-15(14)25-2/h3-6,11H,7-10,12H2,1-2H3/p+1. The Hall–Kier alpha value is -2.45. The predicted octanol–water partition coefficient (Wildman–Crippen LogP) is 0.373. The lowest BCUT2D eigenvalue weighted by molar-refractivity contribution is -0.914. The summed E-state index contributed by atoms with van der Waals surface area (Å²) in [5, 5.41) is 5.42. The monoisotopic (exact) mass is 372 g/mol. The van der Waals surface area contributed by atoms with E-state index in [0.717, 1.165) is 54.9 Å². The van der Waals surface area contributed by atoms with Crippen molar-refractivity contribution in [3.63, 3.8) is 0 Å². The Kier molecular flexibility index (Phi) is 4.60. The quantitative estimate of drug-likeness (QED) is 0.717. The van der Waals surface area contributed by atoms with Crippen LogP contribution in [0.3, 0.4) is 0 Å². The van der Waals surface area contributed by atoms with E-state index in [-0.39, 0.29) is 5.56 Å². The number of methoxy groups -OCH3 is 1. The molecule has 26 heavy (non-hydrogen) atoms. The molecule has 3 heterocycles. The van der Waals surface area contributed by atoms with Gasteiger partial charge in [0.1, 0.15) is 12.3 Å². The summed E-state index contributed by atoms with van der Waals surface area (Å²) < 4.78 is 6.89. The van der Waals surface area contributed by atoms with Crippen molar-refractivity contribution in [1.82, 2.24) is 14.6 Å². The number of fused-ring (bicyclic) bond motifs is 1. The molecule has 1 fully saturated rings. The van der Waals surface area contributed by atoms with Gasteiger partial charge in [0.2, 0.25) is 4.96 Å². The molecule has 0 unspecified atom stereocenters. The minimum atomic E-state index is -0.106. The fraction of sp³-hybridized carbons (Fsp3) is 0.389. The van der Waals surface area contributed by atoms with Crippen LogP contribution < -0.4 is 20.1 Å². The number of piperazine rings is 1. The Morgan fingerprint density at radius 3 is 2.81 bits per heavy atom. The number of benzene rings is 1. The van der Waals surface area contributed by atoms with Crippen molar-refractivity contribution < 1.29 is 9.64 Å². The molecule has 0 bridgehead atoms. The maximum absolute atomic E-state index is 12.0. The van der Waals surface area contributed by atoms with Crippen molar-refractivity contribution in [3.05, 3.63) is 51.4 Å². The molecule has 0 radical (unpaired) electrons. The summed E-state index contributed by atoms with van der Waals surface area (Å²) in [6, 6.07) is 9.68. The number of quaternary nitrogens is 1. The van der Waals surface area contributed by atoms with Crippen molar-refractivity contribution in [2.24, 2.45) is 0 Å². The first-order valence-corrected chi connectivity index (χ1v) is 9.53. The van der Waals surface area contributed by atoms with Gasteiger partial charge >= 0.3 is 0 Å². The molecule has 3 aromatic rings. The van der Waals surface area contributed by atoms with E-state index in [4.69, 9.17) is 4.74 Å². The first-order valence-electron chi connectivity index (χ1n) is 8.72. The fourth-order valence-corrected chi connectivity index (χ4v) is 4.39. The fourth-order valence-electron chi connectivity index (χ4n) is 3.38. The second-order valence-corrected chi connectivity index (χ2v) is 7.55. The van der Waals surface area contributed by atoms with E-state index >= 15 is 0 Å². The van der Waals surface area contributed by atoms with Crippen LogP contribution in [0.15, 0.2) is 35.1 Å². The van der Waals surface area contributed by atoms with Gasteiger partial charge in [0, 0.05) is 11.8 Å². The molecule has 8 heteroatoms. The van der Waals surface area contributed by atoms with Gasteiger partial charge in [-0.2, -0.15) is 9.61 Å². The smallest absolute Gasteiger partial charge is 0.275 e. The Balaban J connectivity index is 1.44. The summed E-state index contributed by atoms with van der Waals surface area (Å²) >= 11 is 1.51. The highest BCUT2D eigenvalue weighted by atomic mass is 32.1. The second kappa shape index (κ2) is 7.05. The molecule has 7 nitrogen and oxygen atoms in total. The summed E-state index contributed by atoms with van der Waals surface area (Å²) in [6.07, 6.45) is 0. The van der Waals surface area contributed by atoms with Crippen LogP contribution in [0.5, 0.6) is 5.75 Å². The zero-order chi connectivity index (χ0) is 18.1. The van der Waals surface area contributed by atoms with E-state index in [0.29, 0.717) is 4.96 Å². The second-order valence-electron chi connectivity index (χ2n) is 6.51. The van der Waals surface area contributed by atoms with Crippen molar-refractivity contribution >= 4 is 22.0 Å². The highest BCUT2D eigenvalue weighted by Crippen LogP contribution is 2.27. The minimum Gasteiger partial charge on any atom is -0.495 e. The molecule has 136 valence electrons. The van der Waals surface area contributed by atoms with E-state index in [1.807, 2.05) is 25.1 Å². The molecule has 1 aromatic carbocycles. The average molecular weight is 372 g/mol. The molecule has 1 aliphatic heterocycles. The minimum absolute atomic E-state index is 0.106. The maximum Gasteiger partial charge on any atom is 0.275 e. The van der Waals surface area contributed by atoms with Gasteiger partial charge in [-0.05, 0) is 19.1 Å². The summed E-state index contributed by atoms with van der Waals surface area (Å²) in [6.45, 7) is 6.65. The van der Waals surface area contributed by atoms with Crippen LogP contribution >= 0.6 is 11.3 Å². The lowest BCUT2D eigenvalue weighted by Gasteiger charge is -2.33. The Morgan fingerprint density at radius 1 is 1.27 bits per heavy atom. The number of anilines is 1. The summed E-state index contributed by atoms with van der Waals surface area (Å²) in [4.78, 5) is 20.9. The van der Waals surface area contributed by atoms with Gasteiger partial charge in [-0.1, -0.05) is 23.5 Å². The third-order valence-corrected chi connectivity index (χ3v) is 5.62. The zero-order valence-corrected chi connectivity index (χ0v) is 15.8. The number of para-hydroxylation sites is 2. The number of aryl methyl sites for hydroxylation is 1. The molecule has 1 N–H and O–H groups in total. The number of nitrogens with zero attached hydrogens (tertiary/aromatic N) is 4. The molecular formula is C18H22N5O2S+. The molecule has 4 rings (SSSR count). The van der Waals surface area contributed by atoms with Crippen LogP contribution in [-0.4, -0.2) is 47.9 Å². The van der Waals surface area contributed by atoms with Crippen molar-refractivity contribution in [3.8, 4) is 5.75 Å². The van der Waals surface area contributed by atoms with Gasteiger partial charge in [-0.25, -0.2) is 4.98 Å². The van der Waals surface area contributed by atoms with Gasteiger partial charge in [-0.15, -0.1) is 0 Å². The van der Waals surface area contributed by atoms with Crippen LogP contribution in [0.2, 0.25) is 0 Å². The SMILES string of the molecule is COc1ccccc1N1CC[NH+](Cc2nn3c(=O)cc(C)nc3s2)CC1. The van der Waals surface area contributed by atoms with E-state index in [9.17, 15) is 4.79 Å². The topological polar surface area (TPSA) is 64.2 Å². The third-order valence-electron chi connectivity index (χ3n) is 4.71. The Bertz CT molecular complexity index is 975. The number of rotatable bonds is 4. The van der Waals surface area contributed by atoms with Gasteiger partial charge < -0.3 is 14.5 Å². The number of ether oxygens (including phenoxy) is 1. The molecule has 0 atom stereocenters. The zero-order valence-electron chi connectivity index (χ0n) is 14.9. The molecule has 0 spiro atoms. The lowest BCUT2D eigenvalue weighted by atomic mass is 10.2. The average Bonchev–Trinajstić information content (AvgIpc) is 3.05. The van der Waals surface area contributed by atoms with Crippen molar-refractivity contribution in [2.45, 2.75) is 13.5 Å². The number of hydrogen-bond acceptors (Lipinski definition) is 6. The molecular weight excluding hydrogens is 350 g/mol. The van der Waals surface area contributed by atoms with Crippen molar-refractivity contribution in [2.75, 3.05) is 38.2 Å². The van der Waals surface area contributed by atoms with Gasteiger partial charge in [-0.3, -0.25) is 4.79 Å². The number of aromatic nitrogens is 3. The third kappa shape index (κ3) is 3.30. The highest BCUT2D eigenvalue weighted by Gasteiger charge is 2.23. The summed E-state index contributed by atoms with van der Waals surface area (Å²) in [5.74, 6) is 0.919. The Morgan fingerprint density at radius 2 is 2.04 bits per heavy atom. The number of hydrogen-bond donors (Lipinski definition) is 1. The van der Waals surface area contributed by atoms with Crippen LogP contribution in [0.1, 0.15) is 10.7 Å². The van der Waals surface area contributed by atoms with Gasteiger partial charge in [0.25, 0.3) is 5.56 Å². The Labute approximate surface area is 155 Å². The van der Waals surface area contributed by atoms with Crippen molar-refractivity contribution in [1.29, 1.82) is 0 Å². The van der Waals surface area contributed by atoms with E-state index < -0.39 is 0 Å². The van der Waals surface area contributed by atoms with Crippen LogP contribution in [0, 0.1) is 6.92 Å². The molecule has 1 aliphatic rings. The summed E-state index contributed by atoms with van der Waals surface area (Å²) in [5.41, 5.74) is 1.79.